The second-order valence-electron chi connectivity index (χ2n) is 21.6. The standard InChI is InChI=1S/C70H122O6/c1-4-7-10-13-16-19-22-24-26-28-30-31-32-33-34-35-36-37-38-39-41-42-44-46-48-51-54-57-60-63-69(72)75-66-67(65-74-68(71)62-59-56-53-50-21-18-15-12-9-6-3)76-70(73)64-61-58-55-52-49-47-45-43-40-29-27-25-23-20-17-14-11-8-5-2/h7,10,12,15-16,19,24-27,30-31,33-34,67H,4-6,8-9,11,13-14,17-18,20-23,28-29,32,35-66H2,1-3H3/b10-7-,15-12-,19-16-,26-24-,27-25-,31-30-,34-33-. The molecule has 0 aliphatic rings. The Balaban J connectivity index is 4.19. The van der Waals surface area contributed by atoms with Crippen molar-refractivity contribution < 1.29 is 28.6 Å². The first-order valence-corrected chi connectivity index (χ1v) is 32.6. The molecule has 0 aliphatic heterocycles. The van der Waals surface area contributed by atoms with Crippen molar-refractivity contribution in [3.05, 3.63) is 85.1 Å². The van der Waals surface area contributed by atoms with Crippen LogP contribution in [0.1, 0.15) is 323 Å². The summed E-state index contributed by atoms with van der Waals surface area (Å²) in [6.45, 7) is 6.48. The molecule has 438 valence electrons. The van der Waals surface area contributed by atoms with Gasteiger partial charge in [0.05, 0.1) is 0 Å². The number of ether oxygens (including phenoxy) is 3. The summed E-state index contributed by atoms with van der Waals surface area (Å²) in [7, 11) is 0. The van der Waals surface area contributed by atoms with E-state index in [1.165, 1.54) is 180 Å². The van der Waals surface area contributed by atoms with Crippen LogP contribution in [-0.4, -0.2) is 37.2 Å². The van der Waals surface area contributed by atoms with Crippen LogP contribution in [-0.2, 0) is 28.6 Å². The van der Waals surface area contributed by atoms with Crippen molar-refractivity contribution in [1.29, 1.82) is 0 Å². The predicted octanol–water partition coefficient (Wildman–Crippen LogP) is 22.3. The van der Waals surface area contributed by atoms with E-state index < -0.39 is 6.10 Å². The highest BCUT2D eigenvalue weighted by Gasteiger charge is 2.19. The van der Waals surface area contributed by atoms with Gasteiger partial charge in [0.1, 0.15) is 13.2 Å². The molecule has 0 heterocycles. The molecule has 0 aromatic heterocycles. The van der Waals surface area contributed by atoms with Crippen molar-refractivity contribution in [1.82, 2.24) is 0 Å². The number of carbonyl (C=O) groups is 3. The van der Waals surface area contributed by atoms with E-state index in [1.54, 1.807) is 0 Å². The Kier molecular flexibility index (Phi) is 61.2. The molecule has 0 aliphatic carbocycles. The van der Waals surface area contributed by atoms with Crippen molar-refractivity contribution in [3.8, 4) is 0 Å². The maximum absolute atomic E-state index is 12.9. The minimum atomic E-state index is -0.780. The summed E-state index contributed by atoms with van der Waals surface area (Å²) in [5.41, 5.74) is 0. The smallest absolute Gasteiger partial charge is 0.306 e. The summed E-state index contributed by atoms with van der Waals surface area (Å²) in [4.78, 5) is 38.2. The van der Waals surface area contributed by atoms with Gasteiger partial charge in [0, 0.05) is 19.3 Å². The molecule has 1 unspecified atom stereocenters. The zero-order valence-electron chi connectivity index (χ0n) is 50.3. The van der Waals surface area contributed by atoms with E-state index in [2.05, 4.69) is 106 Å². The predicted molar refractivity (Wildman–Crippen MR) is 330 cm³/mol. The average Bonchev–Trinajstić information content (AvgIpc) is 3.42. The van der Waals surface area contributed by atoms with Crippen molar-refractivity contribution in [2.24, 2.45) is 0 Å². The van der Waals surface area contributed by atoms with Gasteiger partial charge in [-0.3, -0.25) is 14.4 Å². The minimum absolute atomic E-state index is 0.0782. The summed E-state index contributed by atoms with van der Waals surface area (Å²) < 4.78 is 16.9. The molecule has 0 aromatic rings. The molecule has 1 atom stereocenters. The van der Waals surface area contributed by atoms with E-state index in [0.717, 1.165) is 103 Å². The Morgan fingerprint density at radius 3 is 0.868 bits per heavy atom. The van der Waals surface area contributed by atoms with Crippen LogP contribution in [0, 0.1) is 0 Å². The Morgan fingerprint density at radius 2 is 0.539 bits per heavy atom. The second-order valence-corrected chi connectivity index (χ2v) is 21.6. The number of unbranched alkanes of at least 4 members (excludes halogenated alkanes) is 34. The van der Waals surface area contributed by atoms with Crippen LogP contribution in [0.5, 0.6) is 0 Å². The Morgan fingerprint density at radius 1 is 0.276 bits per heavy atom. The Labute approximate surface area is 471 Å². The maximum atomic E-state index is 12.9. The quantitative estimate of drug-likeness (QED) is 0.0261. The Bertz CT molecular complexity index is 1450. The van der Waals surface area contributed by atoms with Gasteiger partial charge in [-0.25, -0.2) is 0 Å². The van der Waals surface area contributed by atoms with Crippen LogP contribution in [0.3, 0.4) is 0 Å². The molecule has 6 nitrogen and oxygen atoms in total. The molecule has 0 spiro atoms. The molecule has 0 radical (unpaired) electrons. The third-order valence-electron chi connectivity index (χ3n) is 14.1. The van der Waals surface area contributed by atoms with Crippen LogP contribution < -0.4 is 0 Å². The highest BCUT2D eigenvalue weighted by atomic mass is 16.6. The molecule has 0 N–H and O–H groups in total. The third kappa shape index (κ3) is 61.4. The average molecular weight is 1060 g/mol. The van der Waals surface area contributed by atoms with Gasteiger partial charge in [-0.05, 0) is 109 Å². The zero-order chi connectivity index (χ0) is 55.0. The monoisotopic (exact) mass is 1060 g/mol. The number of allylic oxidation sites excluding steroid dienone is 14. The van der Waals surface area contributed by atoms with Gasteiger partial charge in [-0.1, -0.05) is 279 Å². The van der Waals surface area contributed by atoms with Crippen LogP contribution in [0.15, 0.2) is 85.1 Å². The first kappa shape index (κ1) is 72.6. The molecule has 0 fully saturated rings. The molecule has 0 amide bonds. The SMILES string of the molecule is CC/C=C\C/C=C\C/C=C\C/C=C\C/C=C\CCCCCCCCCCCCCCCC(=O)OCC(COC(=O)CCCCCCC/C=C\CCC)OC(=O)CCCCCCCCCCC/C=C\CCCCCCCC. The number of rotatable bonds is 59. The minimum Gasteiger partial charge on any atom is -0.462 e. The highest BCUT2D eigenvalue weighted by Crippen LogP contribution is 2.17. The van der Waals surface area contributed by atoms with Crippen molar-refractivity contribution in [2.45, 2.75) is 329 Å². The van der Waals surface area contributed by atoms with E-state index in [-0.39, 0.29) is 31.1 Å². The lowest BCUT2D eigenvalue weighted by Gasteiger charge is -2.18. The lowest BCUT2D eigenvalue weighted by molar-refractivity contribution is -0.167. The fourth-order valence-corrected chi connectivity index (χ4v) is 9.23. The molecular formula is C70H122O6. The van der Waals surface area contributed by atoms with Gasteiger partial charge in [0.25, 0.3) is 0 Å². The fraction of sp³-hybridized carbons (Fsp3) is 0.757. The van der Waals surface area contributed by atoms with Crippen LogP contribution >= 0.6 is 0 Å². The number of carbonyl (C=O) groups excluding carboxylic acids is 3. The Hall–Kier alpha value is -3.41. The molecule has 6 heteroatoms. The largest absolute Gasteiger partial charge is 0.462 e. The number of esters is 3. The van der Waals surface area contributed by atoms with Gasteiger partial charge < -0.3 is 14.2 Å². The highest BCUT2D eigenvalue weighted by molar-refractivity contribution is 5.71. The van der Waals surface area contributed by atoms with Gasteiger partial charge in [0.2, 0.25) is 0 Å². The molecule has 0 rings (SSSR count). The van der Waals surface area contributed by atoms with Crippen molar-refractivity contribution >= 4 is 17.9 Å². The first-order chi connectivity index (χ1) is 37.5. The molecule has 0 saturated carbocycles. The molecule has 0 aromatic carbocycles. The van der Waals surface area contributed by atoms with E-state index in [9.17, 15) is 14.4 Å². The summed E-state index contributed by atoms with van der Waals surface area (Å²) in [5, 5.41) is 0. The normalized spacial score (nSPS) is 12.6. The van der Waals surface area contributed by atoms with E-state index in [4.69, 9.17) is 14.2 Å². The van der Waals surface area contributed by atoms with Crippen LogP contribution in [0.2, 0.25) is 0 Å². The lowest BCUT2D eigenvalue weighted by atomic mass is 10.0. The fourth-order valence-electron chi connectivity index (χ4n) is 9.23. The number of hydrogen-bond acceptors (Lipinski definition) is 6. The van der Waals surface area contributed by atoms with Gasteiger partial charge >= 0.3 is 17.9 Å². The van der Waals surface area contributed by atoms with Crippen molar-refractivity contribution in [3.63, 3.8) is 0 Å². The zero-order valence-corrected chi connectivity index (χ0v) is 50.3. The van der Waals surface area contributed by atoms with E-state index in [0.29, 0.717) is 19.3 Å². The van der Waals surface area contributed by atoms with Crippen LogP contribution in [0.4, 0.5) is 0 Å². The van der Waals surface area contributed by atoms with Crippen LogP contribution in [0.25, 0.3) is 0 Å². The van der Waals surface area contributed by atoms with Gasteiger partial charge in [0.15, 0.2) is 6.10 Å². The van der Waals surface area contributed by atoms with Gasteiger partial charge in [-0.15, -0.1) is 0 Å². The molecule has 0 bridgehead atoms. The van der Waals surface area contributed by atoms with Gasteiger partial charge in [-0.2, -0.15) is 0 Å². The maximum Gasteiger partial charge on any atom is 0.306 e. The molecular weight excluding hydrogens is 937 g/mol. The summed E-state index contributed by atoms with van der Waals surface area (Å²) in [5.74, 6) is -0.880. The molecule has 0 saturated heterocycles. The summed E-state index contributed by atoms with van der Waals surface area (Å²) >= 11 is 0. The van der Waals surface area contributed by atoms with Crippen molar-refractivity contribution in [2.75, 3.05) is 13.2 Å². The lowest BCUT2D eigenvalue weighted by Crippen LogP contribution is -2.30. The summed E-state index contributed by atoms with van der Waals surface area (Å²) in [6, 6.07) is 0. The first-order valence-electron chi connectivity index (χ1n) is 32.6. The molecule has 76 heavy (non-hydrogen) atoms. The second kappa shape index (κ2) is 64.1. The van der Waals surface area contributed by atoms with E-state index in [1.807, 2.05) is 0 Å². The number of hydrogen-bond donors (Lipinski definition) is 0. The third-order valence-corrected chi connectivity index (χ3v) is 14.1. The topological polar surface area (TPSA) is 78.9 Å². The summed E-state index contributed by atoms with van der Waals surface area (Å²) in [6.07, 6.45) is 84.6. The van der Waals surface area contributed by atoms with E-state index >= 15 is 0 Å².